The Morgan fingerprint density at radius 3 is 2.46 bits per heavy atom. The molecule has 0 amide bonds. The molecule has 0 aliphatic heterocycles. The maximum absolute atomic E-state index is 11.2. The van der Waals surface area contributed by atoms with E-state index in [9.17, 15) is 8.42 Å². The Morgan fingerprint density at radius 2 is 1.92 bits per heavy atom. The number of benzene rings is 1. The minimum atomic E-state index is -3.63. The predicted molar refractivity (Wildman–Crippen MR) is 107 cm³/mol. The van der Waals surface area contributed by atoms with Gasteiger partial charge in [0.15, 0.2) is 5.96 Å². The summed E-state index contributed by atoms with van der Waals surface area (Å²) < 4.78 is 27.4. The van der Waals surface area contributed by atoms with Gasteiger partial charge in [-0.3, -0.25) is 4.99 Å². The molecule has 0 aromatic heterocycles. The van der Waals surface area contributed by atoms with Gasteiger partial charge in [0.05, 0.1) is 4.90 Å². The molecule has 4 N–H and O–H groups in total. The average molecular weight is 470 g/mol. The Morgan fingerprint density at radius 1 is 1.25 bits per heavy atom. The van der Waals surface area contributed by atoms with Crippen molar-refractivity contribution in [3.05, 3.63) is 29.8 Å². The lowest BCUT2D eigenvalue weighted by atomic mass is 10.1. The van der Waals surface area contributed by atoms with Gasteiger partial charge in [0.1, 0.15) is 0 Å². The molecule has 0 saturated heterocycles. The van der Waals surface area contributed by atoms with Crippen LogP contribution in [0.2, 0.25) is 0 Å². The van der Waals surface area contributed by atoms with E-state index in [2.05, 4.69) is 15.6 Å². The third-order valence-corrected chi connectivity index (χ3v) is 4.01. The fourth-order valence-electron chi connectivity index (χ4n) is 1.91. The number of guanidine groups is 1. The molecule has 1 rings (SSSR count). The van der Waals surface area contributed by atoms with E-state index in [0.29, 0.717) is 19.7 Å². The molecule has 0 fully saturated rings. The highest BCUT2D eigenvalue weighted by atomic mass is 127. The molecule has 0 atom stereocenters. The number of nitrogens with two attached hydrogens (primary N) is 1. The number of ether oxygens (including phenoxy) is 1. The third-order valence-electron chi connectivity index (χ3n) is 3.08. The van der Waals surface area contributed by atoms with Gasteiger partial charge >= 0.3 is 0 Å². The number of rotatable bonds is 9. The summed E-state index contributed by atoms with van der Waals surface area (Å²) in [4.78, 5) is 4.57. The monoisotopic (exact) mass is 470 g/mol. The van der Waals surface area contributed by atoms with Crippen molar-refractivity contribution in [2.75, 3.05) is 33.4 Å². The number of hydrogen-bond acceptors (Lipinski definition) is 4. The molecular formula is C15H27IN4O3S. The first-order chi connectivity index (χ1) is 11.0. The molecule has 0 bridgehead atoms. The predicted octanol–water partition coefficient (Wildman–Crippen LogP) is 1.09. The minimum absolute atomic E-state index is 0. The quantitative estimate of drug-likeness (QED) is 0.217. The van der Waals surface area contributed by atoms with Crippen LogP contribution in [0, 0.1) is 0 Å². The Labute approximate surface area is 161 Å². The van der Waals surface area contributed by atoms with E-state index in [0.717, 1.165) is 30.9 Å². The van der Waals surface area contributed by atoms with Gasteiger partial charge in [0.2, 0.25) is 10.0 Å². The Bertz CT molecular complexity index is 591. The van der Waals surface area contributed by atoms with Crippen LogP contribution >= 0.6 is 24.0 Å². The molecule has 24 heavy (non-hydrogen) atoms. The van der Waals surface area contributed by atoms with Crippen molar-refractivity contribution in [2.24, 2.45) is 10.1 Å². The van der Waals surface area contributed by atoms with Gasteiger partial charge in [-0.1, -0.05) is 12.1 Å². The number of nitrogens with zero attached hydrogens (tertiary/aromatic N) is 1. The molecule has 0 aliphatic carbocycles. The van der Waals surface area contributed by atoms with Gasteiger partial charge in [0.25, 0.3) is 0 Å². The molecule has 1 aromatic rings. The summed E-state index contributed by atoms with van der Waals surface area (Å²) in [7, 11) is -1.96. The van der Waals surface area contributed by atoms with Crippen LogP contribution in [0.5, 0.6) is 0 Å². The second kappa shape index (κ2) is 12.5. The maximum atomic E-state index is 11.2. The van der Waals surface area contributed by atoms with Crippen LogP contribution in [0.25, 0.3) is 0 Å². The molecule has 138 valence electrons. The standard InChI is InChI=1S/C15H26N4O3S.HI/c1-3-17-15(18-10-4-12-22-2)19-11-9-13-5-7-14(8-6-13)23(16,20)21;/h5-8H,3-4,9-12H2,1-2H3,(H2,16,20,21)(H2,17,18,19);1H. The number of nitrogens with one attached hydrogen (secondary N) is 2. The highest BCUT2D eigenvalue weighted by Gasteiger charge is 2.06. The Kier molecular flexibility index (Phi) is 12.0. The molecule has 0 aliphatic rings. The lowest BCUT2D eigenvalue weighted by Gasteiger charge is -2.11. The summed E-state index contributed by atoms with van der Waals surface area (Å²) in [5, 5.41) is 11.5. The van der Waals surface area contributed by atoms with Crippen molar-refractivity contribution >= 4 is 40.0 Å². The van der Waals surface area contributed by atoms with Crippen molar-refractivity contribution in [1.29, 1.82) is 0 Å². The van der Waals surface area contributed by atoms with E-state index in [1.807, 2.05) is 6.92 Å². The summed E-state index contributed by atoms with van der Waals surface area (Å²) in [6.07, 6.45) is 1.63. The van der Waals surface area contributed by atoms with Crippen molar-refractivity contribution in [2.45, 2.75) is 24.7 Å². The molecule has 0 saturated carbocycles. The van der Waals surface area contributed by atoms with Crippen molar-refractivity contribution in [3.8, 4) is 0 Å². The number of sulfonamides is 1. The van der Waals surface area contributed by atoms with Crippen LogP contribution in [0.4, 0.5) is 0 Å². The second-order valence-corrected chi connectivity index (χ2v) is 6.53. The van der Waals surface area contributed by atoms with Crippen molar-refractivity contribution in [1.82, 2.24) is 10.6 Å². The number of primary sulfonamides is 1. The van der Waals surface area contributed by atoms with Crippen LogP contribution in [0.1, 0.15) is 18.9 Å². The normalized spacial score (nSPS) is 11.7. The molecule has 0 spiro atoms. The smallest absolute Gasteiger partial charge is 0.238 e. The van der Waals surface area contributed by atoms with E-state index >= 15 is 0 Å². The van der Waals surface area contributed by atoms with Gasteiger partial charge in [0, 0.05) is 33.4 Å². The molecule has 9 heteroatoms. The zero-order valence-corrected chi connectivity index (χ0v) is 17.3. The summed E-state index contributed by atoms with van der Waals surface area (Å²) in [5.74, 6) is 0.768. The summed E-state index contributed by atoms with van der Waals surface area (Å²) in [6, 6.07) is 6.58. The average Bonchev–Trinajstić information content (AvgIpc) is 2.51. The van der Waals surface area contributed by atoms with E-state index in [1.54, 1.807) is 19.2 Å². The van der Waals surface area contributed by atoms with Crippen LogP contribution in [0.3, 0.4) is 0 Å². The first kappa shape index (κ1) is 23.1. The van der Waals surface area contributed by atoms with Crippen LogP contribution in [0.15, 0.2) is 34.2 Å². The largest absolute Gasteiger partial charge is 0.385 e. The summed E-state index contributed by atoms with van der Waals surface area (Å²) in [6.45, 7) is 4.90. The van der Waals surface area contributed by atoms with Gasteiger partial charge in [-0.2, -0.15) is 0 Å². The van der Waals surface area contributed by atoms with Gasteiger partial charge < -0.3 is 15.4 Å². The third kappa shape index (κ3) is 9.40. The first-order valence-electron chi connectivity index (χ1n) is 7.60. The van der Waals surface area contributed by atoms with E-state index in [4.69, 9.17) is 9.88 Å². The summed E-state index contributed by atoms with van der Waals surface area (Å²) in [5.41, 5.74) is 1.03. The van der Waals surface area contributed by atoms with Crippen molar-refractivity contribution < 1.29 is 13.2 Å². The number of aliphatic imine (C=N–C) groups is 1. The first-order valence-corrected chi connectivity index (χ1v) is 9.15. The maximum Gasteiger partial charge on any atom is 0.238 e. The highest BCUT2D eigenvalue weighted by molar-refractivity contribution is 14.0. The van der Waals surface area contributed by atoms with Crippen LogP contribution < -0.4 is 15.8 Å². The second-order valence-electron chi connectivity index (χ2n) is 4.97. The Balaban J connectivity index is 0.00000529. The molecular weight excluding hydrogens is 443 g/mol. The molecule has 7 nitrogen and oxygen atoms in total. The minimum Gasteiger partial charge on any atom is -0.385 e. The molecule has 1 aromatic carbocycles. The lowest BCUT2D eigenvalue weighted by molar-refractivity contribution is 0.197. The molecule has 0 heterocycles. The van der Waals surface area contributed by atoms with Gasteiger partial charge in [-0.05, 0) is 37.5 Å². The highest BCUT2D eigenvalue weighted by Crippen LogP contribution is 2.08. The van der Waals surface area contributed by atoms with E-state index in [1.165, 1.54) is 12.1 Å². The number of halogens is 1. The summed E-state index contributed by atoms with van der Waals surface area (Å²) >= 11 is 0. The van der Waals surface area contributed by atoms with E-state index < -0.39 is 10.0 Å². The zero-order chi connectivity index (χ0) is 17.1. The SMILES string of the molecule is CCNC(=NCCCOC)NCCc1ccc(S(N)(=O)=O)cc1.I. The Hall–Kier alpha value is -0.910. The molecule has 0 unspecified atom stereocenters. The van der Waals surface area contributed by atoms with Crippen LogP contribution in [-0.4, -0.2) is 47.7 Å². The zero-order valence-electron chi connectivity index (χ0n) is 14.1. The fourth-order valence-corrected chi connectivity index (χ4v) is 2.43. The van der Waals surface area contributed by atoms with E-state index in [-0.39, 0.29) is 28.9 Å². The molecule has 0 radical (unpaired) electrons. The van der Waals surface area contributed by atoms with Gasteiger partial charge in [-0.15, -0.1) is 24.0 Å². The fraction of sp³-hybridized carbons (Fsp3) is 0.533. The van der Waals surface area contributed by atoms with Crippen LogP contribution in [-0.2, 0) is 21.2 Å². The van der Waals surface area contributed by atoms with Crippen molar-refractivity contribution in [3.63, 3.8) is 0 Å². The number of hydrogen-bond donors (Lipinski definition) is 3. The van der Waals surface area contributed by atoms with Gasteiger partial charge in [-0.25, -0.2) is 13.6 Å². The number of methoxy groups -OCH3 is 1. The lowest BCUT2D eigenvalue weighted by Crippen LogP contribution is -2.38. The topological polar surface area (TPSA) is 106 Å².